The minimum Gasteiger partial charge on any atom is -0.356 e. The van der Waals surface area contributed by atoms with E-state index in [0.717, 1.165) is 19.6 Å². The number of hydrogen-bond donors (Lipinski definition) is 1. The summed E-state index contributed by atoms with van der Waals surface area (Å²) in [5.74, 6) is 1.19. The number of rotatable bonds is 5. The van der Waals surface area contributed by atoms with Crippen LogP contribution in [0.2, 0.25) is 0 Å². The first-order valence-electron chi connectivity index (χ1n) is 7.76. The minimum absolute atomic E-state index is 0.381. The molecule has 1 aliphatic heterocycles. The average molecular weight is 261 g/mol. The number of pyridine rings is 1. The van der Waals surface area contributed by atoms with Crippen molar-refractivity contribution in [3.05, 3.63) is 23.9 Å². The van der Waals surface area contributed by atoms with Crippen LogP contribution in [-0.2, 0) is 0 Å². The second kappa shape index (κ2) is 7.49. The number of aromatic nitrogens is 1. The fraction of sp³-hybridized carbons (Fsp3) is 0.688. The first-order chi connectivity index (χ1) is 9.33. The molecule has 3 heteroatoms. The van der Waals surface area contributed by atoms with Gasteiger partial charge in [0.1, 0.15) is 5.82 Å². The molecule has 0 bridgehead atoms. The van der Waals surface area contributed by atoms with E-state index in [0.29, 0.717) is 6.04 Å². The van der Waals surface area contributed by atoms with E-state index in [2.05, 4.69) is 41.2 Å². The van der Waals surface area contributed by atoms with Crippen LogP contribution in [0.15, 0.2) is 18.3 Å². The van der Waals surface area contributed by atoms with Crippen LogP contribution in [0.5, 0.6) is 0 Å². The Morgan fingerprint density at radius 1 is 1.26 bits per heavy atom. The normalized spacial score (nSPS) is 18.1. The monoisotopic (exact) mass is 261 g/mol. The Balaban J connectivity index is 2.14. The van der Waals surface area contributed by atoms with Gasteiger partial charge in [0.15, 0.2) is 0 Å². The van der Waals surface area contributed by atoms with Crippen molar-refractivity contribution in [1.29, 1.82) is 0 Å². The number of nitrogens with zero attached hydrogens (tertiary/aromatic N) is 2. The van der Waals surface area contributed by atoms with Gasteiger partial charge in [-0.3, -0.25) is 0 Å². The molecule has 1 aliphatic rings. The van der Waals surface area contributed by atoms with Crippen LogP contribution in [0.4, 0.5) is 5.82 Å². The Bertz CT molecular complexity index is 370. The molecular weight excluding hydrogens is 234 g/mol. The summed E-state index contributed by atoms with van der Waals surface area (Å²) in [6.45, 7) is 7.83. The third kappa shape index (κ3) is 3.93. The molecule has 0 aliphatic carbocycles. The topological polar surface area (TPSA) is 28.2 Å². The van der Waals surface area contributed by atoms with Crippen molar-refractivity contribution in [3.63, 3.8) is 0 Å². The van der Waals surface area contributed by atoms with E-state index in [1.807, 2.05) is 6.20 Å². The van der Waals surface area contributed by atoms with Gasteiger partial charge < -0.3 is 10.2 Å². The molecule has 1 aromatic rings. The predicted molar refractivity (Wildman–Crippen MR) is 81.6 cm³/mol. The molecule has 0 amide bonds. The molecule has 0 aromatic carbocycles. The van der Waals surface area contributed by atoms with Gasteiger partial charge in [0.2, 0.25) is 0 Å². The van der Waals surface area contributed by atoms with E-state index in [-0.39, 0.29) is 0 Å². The van der Waals surface area contributed by atoms with E-state index in [4.69, 9.17) is 0 Å². The largest absolute Gasteiger partial charge is 0.356 e. The van der Waals surface area contributed by atoms with Crippen molar-refractivity contribution >= 4 is 5.82 Å². The van der Waals surface area contributed by atoms with Crippen LogP contribution < -0.4 is 10.2 Å². The van der Waals surface area contributed by atoms with Gasteiger partial charge in [-0.1, -0.05) is 25.8 Å². The zero-order chi connectivity index (χ0) is 13.5. The number of hydrogen-bond acceptors (Lipinski definition) is 3. The summed E-state index contributed by atoms with van der Waals surface area (Å²) in [4.78, 5) is 7.14. The lowest BCUT2D eigenvalue weighted by Crippen LogP contribution is -2.28. The molecule has 2 rings (SSSR count). The zero-order valence-electron chi connectivity index (χ0n) is 12.4. The highest BCUT2D eigenvalue weighted by molar-refractivity contribution is 5.48. The molecule has 1 saturated heterocycles. The van der Waals surface area contributed by atoms with Gasteiger partial charge in [0, 0.05) is 30.9 Å². The molecule has 1 fully saturated rings. The smallest absolute Gasteiger partial charge is 0.133 e. The molecule has 3 nitrogen and oxygen atoms in total. The fourth-order valence-corrected chi connectivity index (χ4v) is 2.76. The minimum atomic E-state index is 0.381. The molecule has 1 aromatic heterocycles. The lowest BCUT2D eigenvalue weighted by molar-refractivity contribution is 0.567. The Morgan fingerprint density at radius 2 is 2.00 bits per heavy atom. The Morgan fingerprint density at radius 3 is 2.68 bits per heavy atom. The summed E-state index contributed by atoms with van der Waals surface area (Å²) >= 11 is 0. The zero-order valence-corrected chi connectivity index (χ0v) is 12.4. The van der Waals surface area contributed by atoms with E-state index >= 15 is 0 Å². The van der Waals surface area contributed by atoms with Crippen molar-refractivity contribution in [2.45, 2.75) is 52.0 Å². The van der Waals surface area contributed by atoms with E-state index in [1.54, 1.807) is 0 Å². The van der Waals surface area contributed by atoms with Crippen LogP contribution in [0.3, 0.4) is 0 Å². The van der Waals surface area contributed by atoms with Crippen LogP contribution in [0.1, 0.15) is 57.6 Å². The maximum absolute atomic E-state index is 4.66. The second-order valence-corrected chi connectivity index (χ2v) is 5.49. The van der Waals surface area contributed by atoms with E-state index < -0.39 is 0 Å². The number of nitrogens with one attached hydrogen (secondary N) is 1. The maximum atomic E-state index is 4.66. The van der Waals surface area contributed by atoms with Crippen LogP contribution in [0, 0.1) is 0 Å². The molecular formula is C16H27N3. The number of anilines is 1. The Labute approximate surface area is 117 Å². The van der Waals surface area contributed by atoms with Gasteiger partial charge in [0.05, 0.1) is 0 Å². The van der Waals surface area contributed by atoms with Gasteiger partial charge in [-0.25, -0.2) is 4.98 Å². The Kier molecular flexibility index (Phi) is 5.64. The van der Waals surface area contributed by atoms with Crippen molar-refractivity contribution in [1.82, 2.24) is 10.3 Å². The van der Waals surface area contributed by atoms with Gasteiger partial charge in [-0.05, 0) is 38.8 Å². The summed E-state index contributed by atoms with van der Waals surface area (Å²) < 4.78 is 0. The predicted octanol–water partition coefficient (Wildman–Crippen LogP) is 3.52. The third-order valence-corrected chi connectivity index (χ3v) is 3.89. The van der Waals surface area contributed by atoms with E-state index in [9.17, 15) is 0 Å². The van der Waals surface area contributed by atoms with Gasteiger partial charge in [-0.15, -0.1) is 0 Å². The highest BCUT2D eigenvalue weighted by Crippen LogP contribution is 2.26. The van der Waals surface area contributed by atoms with Crippen LogP contribution in [-0.4, -0.2) is 24.6 Å². The molecule has 1 atom stereocenters. The summed E-state index contributed by atoms with van der Waals surface area (Å²) in [5, 5.41) is 3.58. The quantitative estimate of drug-likeness (QED) is 0.879. The SMILES string of the molecule is CCCNC(C)c1cccnc1N1CCCCCC1. The third-order valence-electron chi connectivity index (χ3n) is 3.89. The lowest BCUT2D eigenvalue weighted by atomic mass is 10.1. The summed E-state index contributed by atoms with van der Waals surface area (Å²) in [5.41, 5.74) is 1.35. The standard InChI is InChI=1S/C16H27N3/c1-3-10-17-14(2)15-9-8-11-18-16(15)19-12-6-4-5-7-13-19/h8-9,11,14,17H,3-7,10,12-13H2,1-2H3. The fourth-order valence-electron chi connectivity index (χ4n) is 2.76. The van der Waals surface area contributed by atoms with Crippen LogP contribution >= 0.6 is 0 Å². The van der Waals surface area contributed by atoms with Crippen molar-refractivity contribution in [2.75, 3.05) is 24.5 Å². The molecule has 106 valence electrons. The highest BCUT2D eigenvalue weighted by atomic mass is 15.2. The molecule has 1 unspecified atom stereocenters. The van der Waals surface area contributed by atoms with E-state index in [1.165, 1.54) is 43.5 Å². The average Bonchev–Trinajstić information content (AvgIpc) is 2.73. The van der Waals surface area contributed by atoms with Gasteiger partial charge in [-0.2, -0.15) is 0 Å². The summed E-state index contributed by atoms with van der Waals surface area (Å²) in [6.07, 6.45) is 8.42. The summed E-state index contributed by atoms with van der Waals surface area (Å²) in [6, 6.07) is 4.66. The Hall–Kier alpha value is -1.09. The summed E-state index contributed by atoms with van der Waals surface area (Å²) in [7, 11) is 0. The molecule has 0 radical (unpaired) electrons. The first kappa shape index (κ1) is 14.3. The van der Waals surface area contributed by atoms with Crippen LogP contribution in [0.25, 0.3) is 0 Å². The first-order valence-corrected chi connectivity index (χ1v) is 7.76. The maximum Gasteiger partial charge on any atom is 0.133 e. The van der Waals surface area contributed by atoms with Crippen molar-refractivity contribution in [2.24, 2.45) is 0 Å². The van der Waals surface area contributed by atoms with Gasteiger partial charge in [0.25, 0.3) is 0 Å². The van der Waals surface area contributed by atoms with Crippen molar-refractivity contribution < 1.29 is 0 Å². The molecule has 0 spiro atoms. The van der Waals surface area contributed by atoms with Crippen molar-refractivity contribution in [3.8, 4) is 0 Å². The lowest BCUT2D eigenvalue weighted by Gasteiger charge is -2.26. The van der Waals surface area contributed by atoms with Gasteiger partial charge >= 0.3 is 0 Å². The molecule has 1 N–H and O–H groups in total. The second-order valence-electron chi connectivity index (χ2n) is 5.49. The molecule has 2 heterocycles. The molecule has 0 saturated carbocycles. The highest BCUT2D eigenvalue weighted by Gasteiger charge is 2.17. The molecule has 19 heavy (non-hydrogen) atoms.